The quantitative estimate of drug-likeness (QED) is 0.539. The van der Waals surface area contributed by atoms with E-state index < -0.39 is 0 Å². The molecule has 2 rings (SSSR count). The number of aryl methyl sites for hydroxylation is 2. The van der Waals surface area contributed by atoms with Crippen LogP contribution in [0.4, 0.5) is 0 Å². The topological polar surface area (TPSA) is 42.9 Å². The van der Waals surface area contributed by atoms with Crippen molar-refractivity contribution in [3.8, 4) is 0 Å². The van der Waals surface area contributed by atoms with Gasteiger partial charge >= 0.3 is 0 Å². The number of pyridine rings is 2. The minimum atomic E-state index is -0.129. The van der Waals surface area contributed by atoms with Crippen LogP contribution in [0.15, 0.2) is 36.7 Å². The van der Waals surface area contributed by atoms with Crippen molar-refractivity contribution in [2.45, 2.75) is 25.7 Å². The third kappa shape index (κ3) is 4.28. The Morgan fingerprint density at radius 2 is 1.32 bits per heavy atom. The molecule has 0 fully saturated rings. The number of rotatable bonds is 8. The summed E-state index contributed by atoms with van der Waals surface area (Å²) in [6, 6.07) is 7.53. The van der Waals surface area contributed by atoms with Crippen LogP contribution in [0.5, 0.6) is 0 Å². The van der Waals surface area contributed by atoms with E-state index in [0.29, 0.717) is 23.1 Å². The largest absolute Gasteiger partial charge is 0.285 e. The van der Waals surface area contributed by atoms with Gasteiger partial charge in [-0.05, 0) is 48.9 Å². The van der Waals surface area contributed by atoms with E-state index in [-0.39, 0.29) is 5.78 Å². The molecule has 0 radical (unpaired) electrons. The van der Waals surface area contributed by atoms with Crippen molar-refractivity contribution in [1.29, 1.82) is 0 Å². The van der Waals surface area contributed by atoms with E-state index in [4.69, 9.17) is 23.2 Å². The van der Waals surface area contributed by atoms with E-state index >= 15 is 0 Å². The second-order valence-electron chi connectivity index (χ2n) is 4.94. The smallest absolute Gasteiger partial charge is 0.230 e. The molecule has 0 bridgehead atoms. The molecule has 0 spiro atoms. The van der Waals surface area contributed by atoms with Gasteiger partial charge in [-0.1, -0.05) is 12.1 Å². The van der Waals surface area contributed by atoms with Crippen molar-refractivity contribution in [3.63, 3.8) is 0 Å². The molecule has 0 aromatic carbocycles. The van der Waals surface area contributed by atoms with Gasteiger partial charge in [0.25, 0.3) is 0 Å². The van der Waals surface area contributed by atoms with Crippen LogP contribution in [-0.2, 0) is 12.8 Å². The summed E-state index contributed by atoms with van der Waals surface area (Å²) in [7, 11) is 0. The van der Waals surface area contributed by atoms with Crippen molar-refractivity contribution in [2.24, 2.45) is 0 Å². The van der Waals surface area contributed by atoms with Crippen LogP contribution < -0.4 is 0 Å². The number of hydrogen-bond donors (Lipinski definition) is 0. The fourth-order valence-electron chi connectivity index (χ4n) is 2.32. The highest BCUT2D eigenvalue weighted by molar-refractivity contribution is 6.18. The molecule has 0 saturated carbocycles. The van der Waals surface area contributed by atoms with E-state index in [9.17, 15) is 4.79 Å². The standard InChI is InChI=1S/C17H18Cl2N2O/c18-9-1-5-13-7-3-11-20-15(13)17(22)16-14(6-2-10-19)8-4-12-21-16/h3-4,7-8,11-12H,1-2,5-6,9-10H2. The fraction of sp³-hybridized carbons (Fsp3) is 0.353. The van der Waals surface area contributed by atoms with Crippen LogP contribution >= 0.6 is 23.2 Å². The van der Waals surface area contributed by atoms with E-state index in [1.807, 2.05) is 24.3 Å². The summed E-state index contributed by atoms with van der Waals surface area (Å²) < 4.78 is 0. The molecule has 22 heavy (non-hydrogen) atoms. The Morgan fingerprint density at radius 1 is 0.864 bits per heavy atom. The number of halogens is 2. The van der Waals surface area contributed by atoms with Crippen LogP contribution in [0.3, 0.4) is 0 Å². The minimum absolute atomic E-state index is 0.129. The van der Waals surface area contributed by atoms with Gasteiger partial charge in [-0.25, -0.2) is 0 Å². The van der Waals surface area contributed by atoms with E-state index in [2.05, 4.69) is 9.97 Å². The van der Waals surface area contributed by atoms with E-state index in [1.165, 1.54) is 0 Å². The molecular formula is C17H18Cl2N2O. The number of carbonyl (C=O) groups is 1. The maximum absolute atomic E-state index is 12.8. The van der Waals surface area contributed by atoms with Gasteiger partial charge in [-0.2, -0.15) is 0 Å². The summed E-state index contributed by atoms with van der Waals surface area (Å²) in [5.41, 5.74) is 2.78. The Hall–Kier alpha value is -1.45. The Kier molecular flexibility index (Phi) is 6.81. The average molecular weight is 337 g/mol. The number of carbonyl (C=O) groups excluding carboxylic acids is 1. The Bertz CT molecular complexity index is 578. The molecule has 0 aliphatic carbocycles. The Balaban J connectivity index is 2.32. The third-order valence-corrected chi connectivity index (χ3v) is 3.91. The second kappa shape index (κ2) is 8.86. The zero-order valence-electron chi connectivity index (χ0n) is 12.3. The number of nitrogens with zero attached hydrogens (tertiary/aromatic N) is 2. The molecule has 0 aliphatic heterocycles. The molecule has 2 aromatic heterocycles. The molecule has 5 heteroatoms. The summed E-state index contributed by atoms with van der Waals surface area (Å²) in [5, 5.41) is 0. The summed E-state index contributed by atoms with van der Waals surface area (Å²) in [5.74, 6) is 0.996. The first-order valence-electron chi connectivity index (χ1n) is 7.32. The van der Waals surface area contributed by atoms with Gasteiger partial charge < -0.3 is 0 Å². The van der Waals surface area contributed by atoms with Crippen LogP contribution in [-0.4, -0.2) is 27.5 Å². The van der Waals surface area contributed by atoms with Gasteiger partial charge in [0.2, 0.25) is 5.78 Å². The summed E-state index contributed by atoms with van der Waals surface area (Å²) in [6.07, 6.45) is 6.38. The highest BCUT2D eigenvalue weighted by atomic mass is 35.5. The molecule has 2 heterocycles. The van der Waals surface area contributed by atoms with E-state index in [1.54, 1.807) is 12.4 Å². The first-order chi connectivity index (χ1) is 10.8. The fourth-order valence-corrected chi connectivity index (χ4v) is 2.58. The predicted molar refractivity (Wildman–Crippen MR) is 90.0 cm³/mol. The molecule has 0 amide bonds. The van der Waals surface area contributed by atoms with Crippen molar-refractivity contribution >= 4 is 29.0 Å². The molecule has 2 aromatic rings. The molecule has 0 aliphatic rings. The summed E-state index contributed by atoms with van der Waals surface area (Å²) in [4.78, 5) is 21.4. The van der Waals surface area contributed by atoms with Gasteiger partial charge in [0.15, 0.2) is 0 Å². The molecule has 116 valence electrons. The lowest BCUT2D eigenvalue weighted by Gasteiger charge is -2.09. The van der Waals surface area contributed by atoms with E-state index in [0.717, 1.165) is 36.8 Å². The minimum Gasteiger partial charge on any atom is -0.285 e. The van der Waals surface area contributed by atoms with Crippen LogP contribution in [0.2, 0.25) is 0 Å². The number of hydrogen-bond acceptors (Lipinski definition) is 3. The van der Waals surface area contributed by atoms with Gasteiger partial charge in [0.1, 0.15) is 11.4 Å². The number of ketones is 1. The molecule has 0 unspecified atom stereocenters. The lowest BCUT2D eigenvalue weighted by atomic mass is 9.99. The van der Waals surface area contributed by atoms with Crippen molar-refractivity contribution in [3.05, 3.63) is 59.2 Å². The first-order valence-corrected chi connectivity index (χ1v) is 8.39. The first kappa shape index (κ1) is 16.9. The van der Waals surface area contributed by atoms with Gasteiger partial charge in [0, 0.05) is 24.2 Å². The summed E-state index contributed by atoms with van der Waals surface area (Å²) >= 11 is 11.5. The van der Waals surface area contributed by atoms with Crippen LogP contribution in [0.25, 0.3) is 0 Å². The predicted octanol–water partition coefficient (Wildman–Crippen LogP) is 4.05. The van der Waals surface area contributed by atoms with Crippen LogP contribution in [0, 0.1) is 0 Å². The number of alkyl halides is 2. The Labute approximate surface area is 140 Å². The van der Waals surface area contributed by atoms with Crippen molar-refractivity contribution in [2.75, 3.05) is 11.8 Å². The number of aromatic nitrogens is 2. The SMILES string of the molecule is O=C(c1ncccc1CCCCl)c1ncccc1CCCCl. The zero-order chi connectivity index (χ0) is 15.8. The highest BCUT2D eigenvalue weighted by Crippen LogP contribution is 2.17. The normalized spacial score (nSPS) is 10.6. The van der Waals surface area contributed by atoms with Crippen molar-refractivity contribution in [1.82, 2.24) is 9.97 Å². The van der Waals surface area contributed by atoms with Gasteiger partial charge in [0.05, 0.1) is 0 Å². The second-order valence-corrected chi connectivity index (χ2v) is 5.69. The molecule has 0 atom stereocenters. The molecule has 0 saturated heterocycles. The molecule has 0 N–H and O–H groups in total. The third-order valence-electron chi connectivity index (χ3n) is 3.37. The highest BCUT2D eigenvalue weighted by Gasteiger charge is 2.19. The Morgan fingerprint density at radius 3 is 1.73 bits per heavy atom. The lowest BCUT2D eigenvalue weighted by Crippen LogP contribution is -2.13. The maximum atomic E-state index is 12.8. The maximum Gasteiger partial charge on any atom is 0.230 e. The lowest BCUT2D eigenvalue weighted by molar-refractivity contribution is 0.102. The molecular weight excluding hydrogens is 319 g/mol. The average Bonchev–Trinajstić information content (AvgIpc) is 2.58. The van der Waals surface area contributed by atoms with Crippen LogP contribution in [0.1, 0.15) is 40.2 Å². The van der Waals surface area contributed by atoms with Crippen molar-refractivity contribution < 1.29 is 4.79 Å². The zero-order valence-corrected chi connectivity index (χ0v) is 13.8. The summed E-state index contributed by atoms with van der Waals surface area (Å²) in [6.45, 7) is 0. The van der Waals surface area contributed by atoms with Gasteiger partial charge in [-0.15, -0.1) is 23.2 Å². The van der Waals surface area contributed by atoms with Gasteiger partial charge in [-0.3, -0.25) is 14.8 Å². The molecule has 3 nitrogen and oxygen atoms in total. The monoisotopic (exact) mass is 336 g/mol.